The van der Waals surface area contributed by atoms with Crippen LogP contribution in [0.1, 0.15) is 16.1 Å². The number of rotatable bonds is 5. The first-order valence-electron chi connectivity index (χ1n) is 6.28. The minimum atomic E-state index is -0.196. The molecule has 102 valence electrons. The molecule has 0 bridgehead atoms. The zero-order valence-electron chi connectivity index (χ0n) is 11.3. The first kappa shape index (κ1) is 13.8. The Balaban J connectivity index is 2.03. The van der Waals surface area contributed by atoms with E-state index in [1.807, 2.05) is 19.1 Å². The average Bonchev–Trinajstić information content (AvgIpc) is 2.45. The third kappa shape index (κ3) is 3.68. The highest BCUT2D eigenvalue weighted by atomic mass is 16.5. The molecule has 0 saturated carbocycles. The molecule has 0 fully saturated rings. The van der Waals surface area contributed by atoms with E-state index in [1.165, 1.54) is 0 Å². The Kier molecular flexibility index (Phi) is 4.50. The number of nitrogens with zero attached hydrogens (tertiary/aromatic N) is 1. The third-order valence-corrected chi connectivity index (χ3v) is 2.61. The van der Waals surface area contributed by atoms with E-state index < -0.39 is 0 Å². The van der Waals surface area contributed by atoms with Gasteiger partial charge in [0.25, 0.3) is 5.91 Å². The molecular formula is C16H16N2O2. The minimum absolute atomic E-state index is 0.196. The van der Waals surface area contributed by atoms with Crippen LogP contribution in [-0.4, -0.2) is 17.5 Å². The second kappa shape index (κ2) is 6.52. The van der Waals surface area contributed by atoms with Gasteiger partial charge in [0.15, 0.2) is 0 Å². The first-order valence-corrected chi connectivity index (χ1v) is 6.28. The molecule has 0 unspecified atom stereocenters. The third-order valence-electron chi connectivity index (χ3n) is 2.61. The van der Waals surface area contributed by atoms with E-state index in [9.17, 15) is 4.79 Å². The van der Waals surface area contributed by atoms with Crippen molar-refractivity contribution in [3.05, 3.63) is 66.4 Å². The zero-order valence-corrected chi connectivity index (χ0v) is 11.3. The van der Waals surface area contributed by atoms with Crippen molar-refractivity contribution in [3.63, 3.8) is 0 Å². The Morgan fingerprint density at radius 2 is 2.05 bits per heavy atom. The molecule has 2 aromatic rings. The molecule has 2 rings (SSSR count). The Morgan fingerprint density at radius 1 is 1.30 bits per heavy atom. The fourth-order valence-electron chi connectivity index (χ4n) is 1.66. The molecule has 1 N–H and O–H groups in total. The van der Waals surface area contributed by atoms with Crippen LogP contribution in [0.25, 0.3) is 0 Å². The molecule has 0 atom stereocenters. The molecule has 20 heavy (non-hydrogen) atoms. The summed E-state index contributed by atoms with van der Waals surface area (Å²) in [4.78, 5) is 16.3. The van der Waals surface area contributed by atoms with Crippen molar-refractivity contribution in [3.8, 4) is 5.75 Å². The monoisotopic (exact) mass is 268 g/mol. The number of hydrogen-bond donors (Lipinski definition) is 1. The van der Waals surface area contributed by atoms with Crippen molar-refractivity contribution >= 4 is 11.7 Å². The van der Waals surface area contributed by atoms with Gasteiger partial charge in [-0.1, -0.05) is 18.7 Å². The second-order valence-electron chi connectivity index (χ2n) is 4.24. The maximum atomic E-state index is 12.0. The van der Waals surface area contributed by atoms with Gasteiger partial charge in [0.1, 0.15) is 18.2 Å². The van der Waals surface area contributed by atoms with E-state index in [0.29, 0.717) is 23.7 Å². The second-order valence-corrected chi connectivity index (χ2v) is 4.24. The average molecular weight is 268 g/mol. The predicted molar refractivity (Wildman–Crippen MR) is 79.1 cm³/mol. The number of nitrogens with one attached hydrogen (secondary N) is 1. The number of carbonyl (C=O) groups excluding carboxylic acids is 1. The lowest BCUT2D eigenvalue weighted by atomic mass is 10.2. The number of aromatic nitrogens is 1. The van der Waals surface area contributed by atoms with E-state index in [-0.39, 0.29) is 5.91 Å². The number of hydrogen-bond acceptors (Lipinski definition) is 3. The summed E-state index contributed by atoms with van der Waals surface area (Å²) >= 11 is 0. The van der Waals surface area contributed by atoms with Crippen molar-refractivity contribution in [2.75, 3.05) is 11.9 Å². The number of aryl methyl sites for hydroxylation is 1. The molecule has 0 saturated heterocycles. The van der Waals surface area contributed by atoms with Crippen LogP contribution in [0.15, 0.2) is 55.1 Å². The quantitative estimate of drug-likeness (QED) is 0.847. The van der Waals surface area contributed by atoms with Crippen LogP contribution in [0.5, 0.6) is 5.75 Å². The van der Waals surface area contributed by atoms with Gasteiger partial charge in [-0.05, 0) is 43.3 Å². The summed E-state index contributed by atoms with van der Waals surface area (Å²) in [5.41, 5.74) is 1.41. The topological polar surface area (TPSA) is 51.2 Å². The van der Waals surface area contributed by atoms with Gasteiger partial charge in [-0.2, -0.15) is 0 Å². The fraction of sp³-hybridized carbons (Fsp3) is 0.125. The highest BCUT2D eigenvalue weighted by Gasteiger charge is 2.06. The van der Waals surface area contributed by atoms with E-state index in [0.717, 1.165) is 5.69 Å². The molecule has 1 aromatic carbocycles. The smallest absolute Gasteiger partial charge is 0.256 e. The molecule has 4 nitrogen and oxygen atoms in total. The standard InChI is InChI=1S/C16H16N2O2/c1-3-11-20-14-9-7-13(8-10-14)16(19)18-15-6-4-5-12(2)17-15/h3-10H,1,11H2,2H3,(H,17,18,19). The maximum absolute atomic E-state index is 12.0. The van der Waals surface area contributed by atoms with Crippen LogP contribution in [0, 0.1) is 6.92 Å². The highest BCUT2D eigenvalue weighted by molar-refractivity contribution is 6.03. The van der Waals surface area contributed by atoms with Gasteiger partial charge in [-0.15, -0.1) is 0 Å². The lowest BCUT2D eigenvalue weighted by Gasteiger charge is -2.06. The van der Waals surface area contributed by atoms with E-state index in [1.54, 1.807) is 36.4 Å². The Labute approximate surface area is 118 Å². The van der Waals surface area contributed by atoms with Crippen LogP contribution >= 0.6 is 0 Å². The number of anilines is 1. The van der Waals surface area contributed by atoms with Crippen LogP contribution in [0.3, 0.4) is 0 Å². The van der Waals surface area contributed by atoms with Crippen LogP contribution in [0.2, 0.25) is 0 Å². The van der Waals surface area contributed by atoms with Gasteiger partial charge >= 0.3 is 0 Å². The van der Waals surface area contributed by atoms with Crippen LogP contribution < -0.4 is 10.1 Å². The molecule has 0 aliphatic heterocycles. The van der Waals surface area contributed by atoms with Gasteiger partial charge in [0.05, 0.1) is 0 Å². The summed E-state index contributed by atoms with van der Waals surface area (Å²) < 4.78 is 5.36. The Bertz CT molecular complexity index is 606. The van der Waals surface area contributed by atoms with E-state index >= 15 is 0 Å². The fourth-order valence-corrected chi connectivity index (χ4v) is 1.66. The zero-order chi connectivity index (χ0) is 14.4. The molecule has 0 spiro atoms. The van der Waals surface area contributed by atoms with Crippen molar-refractivity contribution in [2.24, 2.45) is 0 Å². The molecule has 0 radical (unpaired) electrons. The number of amides is 1. The van der Waals surface area contributed by atoms with Gasteiger partial charge in [-0.3, -0.25) is 4.79 Å². The molecule has 0 aliphatic rings. The van der Waals surface area contributed by atoms with Gasteiger partial charge in [0, 0.05) is 11.3 Å². The summed E-state index contributed by atoms with van der Waals surface area (Å²) in [6.07, 6.45) is 1.67. The summed E-state index contributed by atoms with van der Waals surface area (Å²) in [6, 6.07) is 12.4. The van der Waals surface area contributed by atoms with Crippen LogP contribution in [0.4, 0.5) is 5.82 Å². The Morgan fingerprint density at radius 3 is 2.70 bits per heavy atom. The van der Waals surface area contributed by atoms with E-state index in [2.05, 4.69) is 16.9 Å². The molecule has 0 aliphatic carbocycles. The number of ether oxygens (including phenoxy) is 1. The van der Waals surface area contributed by atoms with E-state index in [4.69, 9.17) is 4.74 Å². The first-order chi connectivity index (χ1) is 9.69. The van der Waals surface area contributed by atoms with Gasteiger partial charge in [-0.25, -0.2) is 4.98 Å². The SMILES string of the molecule is C=CCOc1ccc(C(=O)Nc2cccc(C)n2)cc1. The summed E-state index contributed by atoms with van der Waals surface area (Å²) in [7, 11) is 0. The summed E-state index contributed by atoms with van der Waals surface area (Å²) in [5.74, 6) is 1.05. The van der Waals surface area contributed by atoms with Gasteiger partial charge in [0.2, 0.25) is 0 Å². The maximum Gasteiger partial charge on any atom is 0.256 e. The normalized spacial score (nSPS) is 9.85. The van der Waals surface area contributed by atoms with Crippen molar-refractivity contribution in [2.45, 2.75) is 6.92 Å². The lowest BCUT2D eigenvalue weighted by molar-refractivity contribution is 0.102. The number of benzene rings is 1. The van der Waals surface area contributed by atoms with Crippen molar-refractivity contribution in [1.82, 2.24) is 4.98 Å². The molecule has 4 heteroatoms. The highest BCUT2D eigenvalue weighted by Crippen LogP contribution is 2.13. The van der Waals surface area contributed by atoms with Crippen LogP contribution in [-0.2, 0) is 0 Å². The molecule has 1 amide bonds. The molecule has 1 heterocycles. The minimum Gasteiger partial charge on any atom is -0.490 e. The Hall–Kier alpha value is -2.62. The van der Waals surface area contributed by atoms with Gasteiger partial charge < -0.3 is 10.1 Å². The lowest BCUT2D eigenvalue weighted by Crippen LogP contribution is -2.13. The number of carbonyl (C=O) groups is 1. The van der Waals surface area contributed by atoms with Crippen molar-refractivity contribution in [1.29, 1.82) is 0 Å². The van der Waals surface area contributed by atoms with Crippen molar-refractivity contribution < 1.29 is 9.53 Å². The number of pyridine rings is 1. The predicted octanol–water partition coefficient (Wildman–Crippen LogP) is 3.21. The molecular weight excluding hydrogens is 252 g/mol. The largest absolute Gasteiger partial charge is 0.490 e. The summed E-state index contributed by atoms with van der Waals surface area (Å²) in [5, 5.41) is 2.75. The molecule has 1 aromatic heterocycles. The summed E-state index contributed by atoms with van der Waals surface area (Å²) in [6.45, 7) is 5.90.